The molecule has 0 bridgehead atoms. The van der Waals surface area contributed by atoms with Crippen molar-refractivity contribution in [2.24, 2.45) is 5.92 Å². The van der Waals surface area contributed by atoms with Crippen LogP contribution in [-0.2, 0) is 4.79 Å². The highest BCUT2D eigenvalue weighted by atomic mass is 16.1. The van der Waals surface area contributed by atoms with Crippen molar-refractivity contribution in [3.63, 3.8) is 0 Å². The normalized spacial score (nSPS) is 8.86. The van der Waals surface area contributed by atoms with E-state index in [0.29, 0.717) is 17.8 Å². The zero-order valence-corrected chi connectivity index (χ0v) is 8.95. The van der Waals surface area contributed by atoms with E-state index in [2.05, 4.69) is 26.1 Å². The molecule has 78 valence electrons. The standard InChI is InChI=1S/C7H8N2O.C4H10/c8-6-3-1-2-4-7(6)9-5-10;1-4(2)3/h1-5H,8H2,(H,9,10);4H,1-3H3. The van der Waals surface area contributed by atoms with Crippen LogP contribution >= 0.6 is 0 Å². The van der Waals surface area contributed by atoms with Gasteiger partial charge in [0.2, 0.25) is 6.41 Å². The average Bonchev–Trinajstić information content (AvgIpc) is 2.08. The first-order chi connectivity index (χ1) is 6.57. The Kier molecular flexibility index (Phi) is 6.20. The molecule has 0 heterocycles. The first-order valence-corrected chi connectivity index (χ1v) is 4.62. The molecule has 3 nitrogen and oxygen atoms in total. The van der Waals surface area contributed by atoms with Crippen LogP contribution in [0.25, 0.3) is 0 Å². The van der Waals surface area contributed by atoms with Gasteiger partial charge in [-0.15, -0.1) is 0 Å². The van der Waals surface area contributed by atoms with Gasteiger partial charge in [0.25, 0.3) is 0 Å². The molecular formula is C11H18N2O. The Labute approximate surface area is 85.3 Å². The average molecular weight is 194 g/mol. The Bertz CT molecular complexity index is 269. The number of hydrogen-bond acceptors (Lipinski definition) is 2. The Morgan fingerprint density at radius 2 is 1.79 bits per heavy atom. The van der Waals surface area contributed by atoms with Crippen LogP contribution in [0.2, 0.25) is 0 Å². The van der Waals surface area contributed by atoms with E-state index < -0.39 is 0 Å². The van der Waals surface area contributed by atoms with Crippen LogP contribution in [0, 0.1) is 5.92 Å². The Morgan fingerprint density at radius 3 is 2.21 bits per heavy atom. The van der Waals surface area contributed by atoms with Gasteiger partial charge in [0.1, 0.15) is 0 Å². The number of carbonyl (C=O) groups is 1. The summed E-state index contributed by atoms with van der Waals surface area (Å²) in [5, 5.41) is 2.47. The van der Waals surface area contributed by atoms with Crippen molar-refractivity contribution in [2.45, 2.75) is 20.8 Å². The minimum absolute atomic E-state index is 0.578. The lowest BCUT2D eigenvalue weighted by Gasteiger charge is -2.00. The van der Waals surface area contributed by atoms with E-state index in [0.717, 1.165) is 5.92 Å². The van der Waals surface area contributed by atoms with Gasteiger partial charge >= 0.3 is 0 Å². The Balaban J connectivity index is 0.000000364. The highest BCUT2D eigenvalue weighted by molar-refractivity contribution is 5.79. The molecule has 0 aliphatic carbocycles. The SMILES string of the molecule is CC(C)C.Nc1ccccc1NC=O. The lowest BCUT2D eigenvalue weighted by molar-refractivity contribution is -0.105. The lowest BCUT2D eigenvalue weighted by Crippen LogP contribution is -1.97. The highest BCUT2D eigenvalue weighted by Crippen LogP contribution is 2.14. The zero-order valence-electron chi connectivity index (χ0n) is 8.95. The quantitative estimate of drug-likeness (QED) is 0.561. The van der Waals surface area contributed by atoms with E-state index in [1.807, 2.05) is 12.1 Å². The number of benzene rings is 1. The van der Waals surface area contributed by atoms with Crippen LogP contribution in [0.5, 0.6) is 0 Å². The summed E-state index contributed by atoms with van der Waals surface area (Å²) in [7, 11) is 0. The minimum Gasteiger partial charge on any atom is -0.397 e. The maximum Gasteiger partial charge on any atom is 0.211 e. The molecule has 0 saturated heterocycles. The summed E-state index contributed by atoms with van der Waals surface area (Å²) in [6, 6.07) is 7.09. The molecule has 3 heteroatoms. The number of amides is 1. The van der Waals surface area contributed by atoms with Gasteiger partial charge in [0.05, 0.1) is 11.4 Å². The molecule has 0 radical (unpaired) electrons. The van der Waals surface area contributed by atoms with E-state index in [9.17, 15) is 4.79 Å². The third kappa shape index (κ3) is 6.06. The number of nitrogens with two attached hydrogens (primary N) is 1. The number of nitrogen functional groups attached to an aromatic ring is 1. The van der Waals surface area contributed by atoms with E-state index in [1.54, 1.807) is 12.1 Å². The van der Waals surface area contributed by atoms with Gasteiger partial charge in [0.15, 0.2) is 0 Å². The van der Waals surface area contributed by atoms with Crippen LogP contribution in [0.15, 0.2) is 24.3 Å². The van der Waals surface area contributed by atoms with Crippen molar-refractivity contribution in [1.82, 2.24) is 0 Å². The van der Waals surface area contributed by atoms with E-state index >= 15 is 0 Å². The van der Waals surface area contributed by atoms with Crippen molar-refractivity contribution in [3.05, 3.63) is 24.3 Å². The maximum absolute atomic E-state index is 9.96. The molecule has 0 aromatic heterocycles. The number of anilines is 2. The summed E-state index contributed by atoms with van der Waals surface area (Å²) < 4.78 is 0. The summed E-state index contributed by atoms with van der Waals surface area (Å²) in [6.07, 6.45) is 0.603. The highest BCUT2D eigenvalue weighted by Gasteiger charge is 1.91. The fourth-order valence-electron chi connectivity index (χ4n) is 0.692. The van der Waals surface area contributed by atoms with Crippen molar-refractivity contribution in [3.8, 4) is 0 Å². The van der Waals surface area contributed by atoms with E-state index in [4.69, 9.17) is 5.73 Å². The first kappa shape index (κ1) is 12.5. The van der Waals surface area contributed by atoms with Gasteiger partial charge in [-0.05, 0) is 18.1 Å². The summed E-state index contributed by atoms with van der Waals surface area (Å²) in [4.78, 5) is 9.96. The van der Waals surface area contributed by atoms with Gasteiger partial charge in [-0.2, -0.15) is 0 Å². The minimum atomic E-state index is 0.578. The number of para-hydroxylation sites is 2. The maximum atomic E-state index is 9.96. The predicted molar refractivity (Wildman–Crippen MR) is 61.1 cm³/mol. The van der Waals surface area contributed by atoms with Crippen molar-refractivity contribution in [1.29, 1.82) is 0 Å². The monoisotopic (exact) mass is 194 g/mol. The molecule has 1 amide bonds. The largest absolute Gasteiger partial charge is 0.397 e. The molecule has 0 saturated carbocycles. The summed E-state index contributed by atoms with van der Waals surface area (Å²) in [5.41, 5.74) is 6.71. The van der Waals surface area contributed by atoms with Crippen LogP contribution in [0.3, 0.4) is 0 Å². The molecule has 0 aliphatic rings. The second-order valence-electron chi connectivity index (χ2n) is 3.58. The molecule has 1 aromatic carbocycles. The molecule has 0 aliphatic heterocycles. The fourth-order valence-corrected chi connectivity index (χ4v) is 0.692. The predicted octanol–water partition coefficient (Wildman–Crippen LogP) is 2.50. The molecule has 0 atom stereocenters. The van der Waals surface area contributed by atoms with Gasteiger partial charge in [-0.1, -0.05) is 32.9 Å². The molecular weight excluding hydrogens is 176 g/mol. The second-order valence-corrected chi connectivity index (χ2v) is 3.58. The van der Waals surface area contributed by atoms with Gasteiger partial charge in [-0.3, -0.25) is 4.79 Å². The van der Waals surface area contributed by atoms with Crippen LogP contribution in [0.1, 0.15) is 20.8 Å². The van der Waals surface area contributed by atoms with E-state index in [1.165, 1.54) is 0 Å². The smallest absolute Gasteiger partial charge is 0.211 e. The van der Waals surface area contributed by atoms with Crippen LogP contribution < -0.4 is 11.1 Å². The van der Waals surface area contributed by atoms with Crippen LogP contribution in [-0.4, -0.2) is 6.41 Å². The number of hydrogen-bond donors (Lipinski definition) is 2. The summed E-state index contributed by atoms with van der Waals surface area (Å²) in [5.74, 6) is 0.833. The number of nitrogens with one attached hydrogen (secondary N) is 1. The van der Waals surface area contributed by atoms with E-state index in [-0.39, 0.29) is 0 Å². The fraction of sp³-hybridized carbons (Fsp3) is 0.364. The van der Waals surface area contributed by atoms with Crippen LogP contribution in [0.4, 0.5) is 11.4 Å². The molecule has 0 fully saturated rings. The zero-order chi connectivity index (χ0) is 11.0. The molecule has 14 heavy (non-hydrogen) atoms. The number of carbonyl (C=O) groups excluding carboxylic acids is 1. The number of rotatable bonds is 2. The van der Waals surface area contributed by atoms with Crippen molar-refractivity contribution >= 4 is 17.8 Å². The Hall–Kier alpha value is -1.51. The molecule has 1 aromatic rings. The van der Waals surface area contributed by atoms with Crippen molar-refractivity contribution in [2.75, 3.05) is 11.1 Å². The topological polar surface area (TPSA) is 55.1 Å². The van der Waals surface area contributed by atoms with Crippen molar-refractivity contribution < 1.29 is 4.79 Å². The van der Waals surface area contributed by atoms with Gasteiger partial charge in [-0.25, -0.2) is 0 Å². The third-order valence-electron chi connectivity index (χ3n) is 1.18. The molecule has 0 spiro atoms. The first-order valence-electron chi connectivity index (χ1n) is 4.62. The Morgan fingerprint density at radius 1 is 1.29 bits per heavy atom. The summed E-state index contributed by atoms with van der Waals surface area (Å²) >= 11 is 0. The van der Waals surface area contributed by atoms with Gasteiger partial charge < -0.3 is 11.1 Å². The lowest BCUT2D eigenvalue weighted by atomic mass is 10.3. The third-order valence-corrected chi connectivity index (χ3v) is 1.18. The summed E-state index contributed by atoms with van der Waals surface area (Å²) in [6.45, 7) is 6.50. The molecule has 1 rings (SSSR count). The molecule has 0 unspecified atom stereocenters. The van der Waals surface area contributed by atoms with Gasteiger partial charge in [0, 0.05) is 0 Å². The second kappa shape index (κ2) is 6.95. The molecule has 3 N–H and O–H groups in total.